The molecule has 0 saturated carbocycles. The topological polar surface area (TPSA) is 78.9 Å². The molecule has 4 unspecified atom stereocenters. The van der Waals surface area contributed by atoms with Crippen molar-refractivity contribution < 1.29 is 19.4 Å². The first-order valence-corrected chi connectivity index (χ1v) is 6.92. The molecule has 0 spiro atoms. The number of amides is 2. The Morgan fingerprint density at radius 3 is 2.63 bits per heavy atom. The van der Waals surface area contributed by atoms with Crippen molar-refractivity contribution in [1.29, 1.82) is 0 Å². The number of ether oxygens (including phenoxy) is 1. The van der Waals surface area contributed by atoms with E-state index in [9.17, 15) is 14.7 Å². The molecule has 108 valence electrons. The number of rotatable bonds is 2. The lowest BCUT2D eigenvalue weighted by Crippen LogP contribution is -2.57. The van der Waals surface area contributed by atoms with Crippen LogP contribution in [-0.4, -0.2) is 53.3 Å². The summed E-state index contributed by atoms with van der Waals surface area (Å²) in [5.41, 5.74) is 0. The number of urea groups is 1. The molecule has 0 aromatic carbocycles. The molecule has 0 bridgehead atoms. The fourth-order valence-electron chi connectivity index (χ4n) is 2.96. The molecule has 0 aromatic rings. The second-order valence-electron chi connectivity index (χ2n) is 5.52. The van der Waals surface area contributed by atoms with Crippen molar-refractivity contribution in [3.05, 3.63) is 0 Å². The van der Waals surface area contributed by atoms with Gasteiger partial charge in [-0.3, -0.25) is 0 Å². The number of aliphatic carboxylic acids is 1. The minimum Gasteiger partial charge on any atom is -0.480 e. The van der Waals surface area contributed by atoms with Gasteiger partial charge >= 0.3 is 12.0 Å². The van der Waals surface area contributed by atoms with Gasteiger partial charge in [0, 0.05) is 13.2 Å². The van der Waals surface area contributed by atoms with E-state index in [4.69, 9.17) is 4.74 Å². The normalized spacial score (nSPS) is 35.2. The lowest BCUT2D eigenvalue weighted by molar-refractivity contribution is -0.145. The largest absolute Gasteiger partial charge is 0.480 e. The van der Waals surface area contributed by atoms with Gasteiger partial charge in [0.05, 0.1) is 12.1 Å². The number of likely N-dealkylation sites (tertiary alicyclic amines) is 1. The number of carbonyl (C=O) groups excluding carboxylic acids is 1. The van der Waals surface area contributed by atoms with E-state index in [2.05, 4.69) is 5.32 Å². The molecule has 2 rings (SSSR count). The van der Waals surface area contributed by atoms with Gasteiger partial charge in [0.2, 0.25) is 0 Å². The third-order valence-electron chi connectivity index (χ3n) is 4.13. The fraction of sp³-hybridized carbons (Fsp3) is 0.846. The van der Waals surface area contributed by atoms with Crippen LogP contribution in [0.1, 0.15) is 33.1 Å². The van der Waals surface area contributed by atoms with Crippen molar-refractivity contribution in [2.75, 3.05) is 13.2 Å². The quantitative estimate of drug-likeness (QED) is 0.786. The molecule has 0 aromatic heterocycles. The standard InChI is InChI=1S/C13H22N2O4/c1-8-4-3-6-15(11(8)12(16)17)13(18)14-10-5-7-19-9(10)2/h8-11H,3-7H2,1-2H3,(H,14,18)(H,16,17). The van der Waals surface area contributed by atoms with Gasteiger partial charge in [0.25, 0.3) is 0 Å². The van der Waals surface area contributed by atoms with Crippen LogP contribution in [-0.2, 0) is 9.53 Å². The van der Waals surface area contributed by atoms with E-state index in [0.29, 0.717) is 13.2 Å². The molecule has 2 aliphatic rings. The average molecular weight is 270 g/mol. The highest BCUT2D eigenvalue weighted by molar-refractivity contribution is 5.83. The molecule has 2 N–H and O–H groups in total. The van der Waals surface area contributed by atoms with Gasteiger partial charge in [-0.15, -0.1) is 0 Å². The van der Waals surface area contributed by atoms with E-state index in [0.717, 1.165) is 19.3 Å². The molecule has 2 saturated heterocycles. The molecule has 6 heteroatoms. The van der Waals surface area contributed by atoms with Crippen LogP contribution in [0.25, 0.3) is 0 Å². The predicted octanol–water partition coefficient (Wildman–Crippen LogP) is 1.06. The van der Waals surface area contributed by atoms with E-state index in [1.807, 2.05) is 13.8 Å². The molecule has 0 aliphatic carbocycles. The van der Waals surface area contributed by atoms with Crippen molar-refractivity contribution in [1.82, 2.24) is 10.2 Å². The Kier molecular flexibility index (Phi) is 4.29. The Balaban J connectivity index is 2.01. The first-order valence-electron chi connectivity index (χ1n) is 6.92. The van der Waals surface area contributed by atoms with Gasteiger partial charge in [-0.25, -0.2) is 9.59 Å². The molecular weight excluding hydrogens is 248 g/mol. The SMILES string of the molecule is CC1CCCN(C(=O)NC2CCOC2C)C1C(=O)O. The lowest BCUT2D eigenvalue weighted by atomic mass is 9.91. The predicted molar refractivity (Wildman–Crippen MR) is 68.9 cm³/mol. The van der Waals surface area contributed by atoms with Gasteiger partial charge in [0.15, 0.2) is 0 Å². The molecule has 2 fully saturated rings. The molecule has 19 heavy (non-hydrogen) atoms. The maximum absolute atomic E-state index is 12.3. The summed E-state index contributed by atoms with van der Waals surface area (Å²) >= 11 is 0. The molecule has 2 amide bonds. The van der Waals surface area contributed by atoms with E-state index < -0.39 is 12.0 Å². The maximum Gasteiger partial charge on any atom is 0.326 e. The highest BCUT2D eigenvalue weighted by Gasteiger charge is 2.38. The summed E-state index contributed by atoms with van der Waals surface area (Å²) in [4.78, 5) is 25.1. The number of piperidine rings is 1. The van der Waals surface area contributed by atoms with Crippen LogP contribution < -0.4 is 5.32 Å². The Labute approximate surface area is 113 Å². The van der Waals surface area contributed by atoms with Crippen molar-refractivity contribution in [3.8, 4) is 0 Å². The van der Waals surface area contributed by atoms with Crippen molar-refractivity contribution in [3.63, 3.8) is 0 Å². The summed E-state index contributed by atoms with van der Waals surface area (Å²) in [7, 11) is 0. The summed E-state index contributed by atoms with van der Waals surface area (Å²) in [5.74, 6) is -0.924. The monoisotopic (exact) mass is 270 g/mol. The van der Waals surface area contributed by atoms with Crippen LogP contribution in [0.2, 0.25) is 0 Å². The van der Waals surface area contributed by atoms with Gasteiger partial charge in [0.1, 0.15) is 6.04 Å². The third-order valence-corrected chi connectivity index (χ3v) is 4.13. The van der Waals surface area contributed by atoms with Crippen molar-refractivity contribution >= 4 is 12.0 Å². The molecule has 4 atom stereocenters. The van der Waals surface area contributed by atoms with E-state index in [1.54, 1.807) is 0 Å². The summed E-state index contributed by atoms with van der Waals surface area (Å²) < 4.78 is 5.40. The van der Waals surface area contributed by atoms with Gasteiger partial charge in [-0.05, 0) is 32.1 Å². The molecule has 0 radical (unpaired) electrons. The van der Waals surface area contributed by atoms with Crippen LogP contribution in [0, 0.1) is 5.92 Å². The van der Waals surface area contributed by atoms with Gasteiger partial charge in [-0.1, -0.05) is 6.92 Å². The van der Waals surface area contributed by atoms with Gasteiger partial charge in [-0.2, -0.15) is 0 Å². The summed E-state index contributed by atoms with van der Waals surface area (Å²) in [6.07, 6.45) is 2.49. The number of hydrogen-bond acceptors (Lipinski definition) is 3. The minimum atomic E-state index is -0.918. The van der Waals surface area contributed by atoms with Crippen LogP contribution in [0.3, 0.4) is 0 Å². The average Bonchev–Trinajstić information content (AvgIpc) is 2.74. The highest BCUT2D eigenvalue weighted by atomic mass is 16.5. The molecule has 2 heterocycles. The number of carboxylic acids is 1. The number of carboxylic acid groups (broad SMARTS) is 1. The van der Waals surface area contributed by atoms with Crippen LogP contribution in [0.4, 0.5) is 4.79 Å². The Morgan fingerprint density at radius 2 is 2.05 bits per heavy atom. The zero-order valence-electron chi connectivity index (χ0n) is 11.5. The summed E-state index contributed by atoms with van der Waals surface area (Å²) in [6, 6.07) is -1.01. The zero-order chi connectivity index (χ0) is 14.0. The highest BCUT2D eigenvalue weighted by Crippen LogP contribution is 2.24. The minimum absolute atomic E-state index is 0.00515. The first-order chi connectivity index (χ1) is 9.00. The summed E-state index contributed by atoms with van der Waals surface area (Å²) in [6.45, 7) is 4.96. The number of nitrogens with one attached hydrogen (secondary N) is 1. The zero-order valence-corrected chi connectivity index (χ0v) is 11.5. The maximum atomic E-state index is 12.3. The second-order valence-corrected chi connectivity index (χ2v) is 5.52. The summed E-state index contributed by atoms with van der Waals surface area (Å²) in [5, 5.41) is 12.2. The van der Waals surface area contributed by atoms with Crippen molar-refractivity contribution in [2.45, 2.75) is 51.3 Å². The smallest absolute Gasteiger partial charge is 0.326 e. The van der Waals surface area contributed by atoms with Gasteiger partial charge < -0.3 is 20.1 Å². The number of nitrogens with zero attached hydrogens (tertiary/aromatic N) is 1. The van der Waals surface area contributed by atoms with E-state index in [1.165, 1.54) is 4.90 Å². The van der Waals surface area contributed by atoms with Crippen molar-refractivity contribution in [2.24, 2.45) is 5.92 Å². The van der Waals surface area contributed by atoms with Crippen LogP contribution >= 0.6 is 0 Å². The molecular formula is C13H22N2O4. The Bertz CT molecular complexity index is 361. The van der Waals surface area contributed by atoms with Crippen LogP contribution in [0.15, 0.2) is 0 Å². The third kappa shape index (κ3) is 3.00. The second kappa shape index (κ2) is 5.77. The van der Waals surface area contributed by atoms with Crippen LogP contribution in [0.5, 0.6) is 0 Å². The van der Waals surface area contributed by atoms with E-state index in [-0.39, 0.29) is 24.1 Å². The Hall–Kier alpha value is -1.30. The number of carbonyl (C=O) groups is 2. The lowest BCUT2D eigenvalue weighted by Gasteiger charge is -2.37. The molecule has 6 nitrogen and oxygen atoms in total. The fourth-order valence-corrected chi connectivity index (χ4v) is 2.96. The first kappa shape index (κ1) is 14.1. The number of hydrogen-bond donors (Lipinski definition) is 2. The Morgan fingerprint density at radius 1 is 1.32 bits per heavy atom. The molecule has 2 aliphatic heterocycles. The van der Waals surface area contributed by atoms with E-state index >= 15 is 0 Å².